The summed E-state index contributed by atoms with van der Waals surface area (Å²) in [7, 11) is 0. The third kappa shape index (κ3) is 12.2. The molecule has 0 radical (unpaired) electrons. The number of furan rings is 4. The number of rotatable bonds is 7. The molecule has 16 nitrogen and oxygen atoms in total. The van der Waals surface area contributed by atoms with Crippen molar-refractivity contribution in [3.63, 3.8) is 0 Å². The third-order valence-corrected chi connectivity index (χ3v) is 22.2. The number of hydrogen-bond acceptors (Lipinski definition) is 16. The maximum Gasteiger partial charge on any atom is 0.227 e. The number of anilines is 12. The first kappa shape index (κ1) is 60.7. The van der Waals surface area contributed by atoms with E-state index in [4.69, 9.17) is 34.1 Å². The van der Waals surface area contributed by atoms with Gasteiger partial charge in [0.25, 0.3) is 0 Å². The highest BCUT2D eigenvalue weighted by Gasteiger charge is 2.41. The Hall–Kier alpha value is -12.0. The Morgan fingerprint density at radius 1 is 0.375 bits per heavy atom. The molecule has 0 saturated carbocycles. The van der Waals surface area contributed by atoms with Crippen molar-refractivity contribution >= 4 is 157 Å². The predicted octanol–water partition coefficient (Wildman–Crippen LogP) is 25.3. The number of aryl methyl sites for hydroxylation is 8. The van der Waals surface area contributed by atoms with Crippen molar-refractivity contribution in [3.05, 3.63) is 239 Å². The third-order valence-electron chi connectivity index (χ3n) is 22.2. The zero-order chi connectivity index (χ0) is 87.7. The minimum Gasteiger partial charge on any atom is -0.435 e. The Balaban J connectivity index is 0.000000122. The summed E-state index contributed by atoms with van der Waals surface area (Å²) in [4.78, 5) is 34.3. The van der Waals surface area contributed by atoms with Crippen LogP contribution in [-0.2, 0) is 0 Å². The van der Waals surface area contributed by atoms with Crippen molar-refractivity contribution in [1.29, 1.82) is 0 Å². The van der Waals surface area contributed by atoms with Crippen LogP contribution < -0.4 is 39.2 Å². The fraction of sp³-hybridized carbons (Fsp3) is 0.292. The van der Waals surface area contributed by atoms with Crippen LogP contribution in [0.25, 0.3) is 88.3 Å². The van der Waals surface area contributed by atoms with Gasteiger partial charge in [-0.05, 0) is 229 Å². The normalized spacial score (nSPS) is 18.6. The Labute approximate surface area is 673 Å². The van der Waals surface area contributed by atoms with Gasteiger partial charge in [0, 0.05) is 107 Å². The minimum atomic E-state index is -2.68. The average Bonchev–Trinajstić information content (AvgIpc) is 1.55. The van der Waals surface area contributed by atoms with Crippen molar-refractivity contribution in [2.24, 2.45) is 5.41 Å². The molecule has 12 heterocycles. The van der Waals surface area contributed by atoms with Crippen LogP contribution in [0.4, 0.5) is 68.2 Å². The van der Waals surface area contributed by atoms with Gasteiger partial charge in [0.1, 0.15) is 24.7 Å². The number of fused-ring (bicyclic) bond motifs is 16. The summed E-state index contributed by atoms with van der Waals surface area (Å²) in [5, 5.41) is 7.92. The molecule has 4 aliphatic heterocycles. The van der Waals surface area contributed by atoms with Crippen molar-refractivity contribution < 1.29 is 34.1 Å². The van der Waals surface area contributed by atoms with E-state index in [0.29, 0.717) is 34.1 Å². The molecule has 0 saturated heterocycles. The van der Waals surface area contributed by atoms with Gasteiger partial charge < -0.3 is 56.9 Å². The molecule has 0 N–H and O–H groups in total. The second-order valence-electron chi connectivity index (χ2n) is 30.3. The lowest BCUT2D eigenvalue weighted by Crippen LogP contribution is -2.42. The van der Waals surface area contributed by atoms with E-state index in [9.17, 15) is 0 Å². The van der Waals surface area contributed by atoms with Crippen LogP contribution in [0, 0.1) is 60.8 Å². The summed E-state index contributed by atoms with van der Waals surface area (Å²) in [6.07, 6.45) is -0.988. The van der Waals surface area contributed by atoms with Crippen LogP contribution in [0.3, 0.4) is 0 Å². The van der Waals surface area contributed by atoms with Gasteiger partial charge in [0.15, 0.2) is 22.3 Å². The van der Waals surface area contributed by atoms with E-state index in [-0.39, 0.29) is 32.5 Å². The van der Waals surface area contributed by atoms with E-state index in [1.54, 1.807) is 6.92 Å². The van der Waals surface area contributed by atoms with Gasteiger partial charge in [0.2, 0.25) is 22.9 Å². The zero-order valence-corrected chi connectivity index (χ0v) is 65.5. The Morgan fingerprint density at radius 2 is 0.661 bits per heavy atom. The number of aromatic nitrogens is 4. The minimum absolute atomic E-state index is 0. The molecule has 4 atom stereocenters. The summed E-state index contributed by atoms with van der Waals surface area (Å²) >= 11 is 0. The summed E-state index contributed by atoms with van der Waals surface area (Å²) in [6.45, 7) is 21.6. The fourth-order valence-electron chi connectivity index (χ4n) is 17.1. The predicted molar refractivity (Wildman–Crippen MR) is 469 cm³/mol. The Bertz CT molecular complexity index is 6400. The first-order valence-corrected chi connectivity index (χ1v) is 37.9. The highest BCUT2D eigenvalue weighted by Crippen LogP contribution is 2.54. The number of hydrogen-bond donors (Lipinski definition) is 0. The molecule has 0 spiro atoms. The maximum atomic E-state index is 8.74. The molecule has 8 aromatic carbocycles. The second-order valence-corrected chi connectivity index (χ2v) is 30.3. The average molecular weight is 1500 g/mol. The summed E-state index contributed by atoms with van der Waals surface area (Å²) in [5.41, 5.74) is 22.4. The molecule has 4 aliphatic rings. The lowest BCUT2D eigenvalue weighted by atomic mass is 9.95. The molecule has 570 valence electrons. The van der Waals surface area contributed by atoms with Gasteiger partial charge in [-0.2, -0.15) is 0 Å². The van der Waals surface area contributed by atoms with Crippen molar-refractivity contribution in [3.8, 4) is 0 Å². The van der Waals surface area contributed by atoms with E-state index >= 15 is 0 Å². The van der Waals surface area contributed by atoms with Gasteiger partial charge in [-0.15, -0.1) is 0 Å². The first-order valence-electron chi connectivity index (χ1n) is 43.9. The molecular weight excluding hydrogens is 1390 g/mol. The molecule has 0 amide bonds. The first-order chi connectivity index (χ1) is 58.1. The maximum absolute atomic E-state index is 8.74. The fourth-order valence-corrected chi connectivity index (χ4v) is 17.1. The van der Waals surface area contributed by atoms with E-state index in [0.717, 1.165) is 167 Å². The highest BCUT2D eigenvalue weighted by molar-refractivity contribution is 6.14. The summed E-state index contributed by atoms with van der Waals surface area (Å²) in [6, 6.07) is 63.6. The van der Waals surface area contributed by atoms with Gasteiger partial charge in [-0.25, -0.2) is 19.9 Å². The number of nitrogens with zero attached hydrogens (tertiary/aromatic N) is 12. The SMILES string of the molecule is C.[2H]C(C)(C)N1c2ccccc2N(c2c(C)ccc3c2oc2nc(C)ccc23)[C@H]1C.[2H]C([2H])(C)N1c2ccccc2N(c2c(C)ccc3c2oc2nc(C)ccc23)[C@H]1C.[2H]C([2H])([2H])C(C)(CN1c2ccccc2N(c2c(C)ccc3c2oc2nc(C)ccc23)[C@H]1C)C([2H])([2H])[2H].[2H]C([2H])([2H])N1c2ccccc2N(c2c(C)ccc3c2oc2nc(C)ccc23)[C@H]1C. The largest absolute Gasteiger partial charge is 0.435 e. The van der Waals surface area contributed by atoms with E-state index in [2.05, 4.69) is 126 Å². The van der Waals surface area contributed by atoms with E-state index in [1.807, 2.05) is 219 Å². The van der Waals surface area contributed by atoms with Crippen LogP contribution in [0.15, 0.2) is 212 Å². The zero-order valence-electron chi connectivity index (χ0n) is 77.5. The van der Waals surface area contributed by atoms with Gasteiger partial charge >= 0.3 is 0 Å². The number of pyridine rings is 4. The van der Waals surface area contributed by atoms with Crippen LogP contribution in [0.1, 0.15) is 138 Å². The van der Waals surface area contributed by atoms with Crippen molar-refractivity contribution in [1.82, 2.24) is 19.9 Å². The Morgan fingerprint density at radius 3 is 1.00 bits per heavy atom. The molecule has 112 heavy (non-hydrogen) atoms. The Kier molecular flexibility index (Phi) is 15.4. The number of para-hydroxylation sites is 8. The van der Waals surface area contributed by atoms with Crippen molar-refractivity contribution in [2.45, 2.75) is 163 Å². The second kappa shape index (κ2) is 28.4. The topological polar surface area (TPSA) is 130 Å². The molecule has 16 aromatic rings. The van der Waals surface area contributed by atoms with Crippen LogP contribution >= 0.6 is 0 Å². The van der Waals surface area contributed by atoms with Gasteiger partial charge in [-0.3, -0.25) is 0 Å². The quantitative estimate of drug-likeness (QED) is 0.150. The smallest absolute Gasteiger partial charge is 0.227 e. The van der Waals surface area contributed by atoms with Gasteiger partial charge in [-0.1, -0.05) is 125 Å². The van der Waals surface area contributed by atoms with Crippen LogP contribution in [0.5, 0.6) is 0 Å². The lowest BCUT2D eigenvalue weighted by molar-refractivity contribution is 0.400. The van der Waals surface area contributed by atoms with E-state index < -0.39 is 44.8 Å². The van der Waals surface area contributed by atoms with Crippen LogP contribution in [0.2, 0.25) is 0 Å². The van der Waals surface area contributed by atoms with Crippen molar-refractivity contribution in [2.75, 3.05) is 59.2 Å². The molecule has 8 aromatic heterocycles. The molecule has 20 rings (SSSR count). The molecular formula is C96H102N12O4. The summed E-state index contributed by atoms with van der Waals surface area (Å²) < 4.78 is 124. The number of benzene rings is 8. The monoisotopic (exact) mass is 1500 g/mol. The molecule has 0 bridgehead atoms. The summed E-state index contributed by atoms with van der Waals surface area (Å²) in [5.74, 6) is 0. The van der Waals surface area contributed by atoms with E-state index in [1.165, 1.54) is 11.8 Å². The molecule has 0 fully saturated rings. The lowest BCUT2D eigenvalue weighted by Gasteiger charge is -2.35. The highest BCUT2D eigenvalue weighted by atomic mass is 16.4. The van der Waals surface area contributed by atoms with Gasteiger partial charge in [0.05, 0.1) is 69.6 Å². The molecule has 0 aliphatic carbocycles. The standard InChI is InChI=1S/C26H29N3O.C24H25N3O.C23H23N3O.C22H21N3O.CH4/c1-16-11-13-19-20-14-12-17(2)27-25(20)30-24(19)23(16)29-18(3)28(15-26(4,5)6)21-9-7-8-10-22(21)29;1-14(2)26-17(5)27(21-9-7-6-8-20(21)26)22-15(3)10-12-18-19-13-11-16(4)25-24(19)28-23(18)22;1-5-25-16(4)26(20-9-7-6-8-19(20)25)21-14(2)10-12-17-18-13-11-15(3)24-23(18)27-22(17)21;1-13-9-11-16-17-12-10-14(2)23-22(17)26-21(16)20(13)25-15(3)24(4)18-7-5-6-8-19(18)25;/h7-14,18H,15H2,1-6H3;6-14,17H,1-5H3;6-13,16H,5H2,1-4H3;5-12,15H,1-4H3;1H4/t18-;17-;16-;15-;/m0000./s1/i4D3,5D3;14D;5D2;4D3;. The van der Waals surface area contributed by atoms with Crippen LogP contribution in [-0.4, -0.2) is 70.6 Å². The molecule has 0 unspecified atom stereocenters. The molecule has 16 heteroatoms.